The first-order chi connectivity index (χ1) is 18.1. The van der Waals surface area contributed by atoms with E-state index in [0.29, 0.717) is 30.1 Å². The van der Waals surface area contributed by atoms with Crippen molar-refractivity contribution in [3.8, 4) is 22.6 Å². The number of hydrazine groups is 1. The molecule has 4 rings (SSSR count). The van der Waals surface area contributed by atoms with Gasteiger partial charge in [0.1, 0.15) is 24.7 Å². The van der Waals surface area contributed by atoms with E-state index in [0.717, 1.165) is 16.9 Å². The molecular weight excluding hydrogens is 486 g/mol. The summed E-state index contributed by atoms with van der Waals surface area (Å²) in [6, 6.07) is 33.2. The summed E-state index contributed by atoms with van der Waals surface area (Å²) in [6.45, 7) is 0.682. The number of thiocarbonyl (C=S) groups is 1. The van der Waals surface area contributed by atoms with Crippen molar-refractivity contribution < 1.29 is 19.1 Å². The lowest BCUT2D eigenvalue weighted by molar-refractivity contribution is 0.0934. The SMILES string of the molecule is O=C(NNC(=S)NC(=O)c1cccc(OCCOc2ccccc2)c1)c1ccc(-c2ccccc2)cc1. The number of rotatable bonds is 8. The van der Waals surface area contributed by atoms with Crippen LogP contribution in [0, 0.1) is 0 Å². The first-order valence-corrected chi connectivity index (χ1v) is 12.0. The molecule has 3 N–H and O–H groups in total. The molecule has 0 saturated carbocycles. The fourth-order valence-electron chi connectivity index (χ4n) is 3.40. The lowest BCUT2D eigenvalue weighted by Gasteiger charge is -2.12. The fraction of sp³-hybridized carbons (Fsp3) is 0.0690. The Bertz CT molecular complexity index is 1350. The molecule has 0 atom stereocenters. The third-order valence-electron chi connectivity index (χ3n) is 5.23. The average Bonchev–Trinajstić information content (AvgIpc) is 2.95. The van der Waals surface area contributed by atoms with Gasteiger partial charge < -0.3 is 9.47 Å². The van der Waals surface area contributed by atoms with Gasteiger partial charge in [0.15, 0.2) is 5.11 Å². The van der Waals surface area contributed by atoms with Crippen LogP contribution >= 0.6 is 12.2 Å². The summed E-state index contributed by atoms with van der Waals surface area (Å²) < 4.78 is 11.3. The summed E-state index contributed by atoms with van der Waals surface area (Å²) in [4.78, 5) is 25.0. The van der Waals surface area contributed by atoms with Crippen LogP contribution in [-0.4, -0.2) is 30.1 Å². The highest BCUT2D eigenvalue weighted by Gasteiger charge is 2.11. The van der Waals surface area contributed by atoms with Gasteiger partial charge in [0.2, 0.25) is 0 Å². The maximum absolute atomic E-state index is 12.6. The van der Waals surface area contributed by atoms with E-state index in [2.05, 4.69) is 16.2 Å². The smallest absolute Gasteiger partial charge is 0.269 e. The monoisotopic (exact) mass is 511 g/mol. The molecule has 186 valence electrons. The van der Waals surface area contributed by atoms with Crippen LogP contribution in [0.25, 0.3) is 11.1 Å². The third-order valence-corrected chi connectivity index (χ3v) is 5.44. The number of carbonyl (C=O) groups is 2. The molecule has 0 bridgehead atoms. The molecular formula is C29H25N3O4S. The molecule has 0 fully saturated rings. The van der Waals surface area contributed by atoms with E-state index in [1.807, 2.05) is 72.8 Å². The minimum atomic E-state index is -0.440. The second-order valence-corrected chi connectivity index (χ2v) is 8.25. The van der Waals surface area contributed by atoms with Gasteiger partial charge in [-0.1, -0.05) is 66.7 Å². The molecule has 8 heteroatoms. The Kier molecular flexibility index (Phi) is 8.82. The lowest BCUT2D eigenvalue weighted by Crippen LogP contribution is -2.48. The molecule has 0 aliphatic heterocycles. The minimum Gasteiger partial charge on any atom is -0.490 e. The summed E-state index contributed by atoms with van der Waals surface area (Å²) in [5.41, 5.74) is 7.91. The Morgan fingerprint density at radius 1 is 0.595 bits per heavy atom. The van der Waals surface area contributed by atoms with Gasteiger partial charge in [-0.15, -0.1) is 0 Å². The molecule has 4 aromatic carbocycles. The van der Waals surface area contributed by atoms with Crippen molar-refractivity contribution in [1.82, 2.24) is 16.2 Å². The number of carbonyl (C=O) groups excluding carboxylic acids is 2. The van der Waals surface area contributed by atoms with Crippen molar-refractivity contribution in [3.05, 3.63) is 120 Å². The maximum atomic E-state index is 12.6. The van der Waals surface area contributed by atoms with Crippen LogP contribution in [-0.2, 0) is 0 Å². The van der Waals surface area contributed by atoms with Gasteiger partial charge in [0.05, 0.1) is 0 Å². The molecule has 7 nitrogen and oxygen atoms in total. The summed E-state index contributed by atoms with van der Waals surface area (Å²) in [7, 11) is 0. The van der Waals surface area contributed by atoms with Crippen molar-refractivity contribution in [1.29, 1.82) is 0 Å². The number of para-hydroxylation sites is 1. The van der Waals surface area contributed by atoms with Crippen molar-refractivity contribution in [2.75, 3.05) is 13.2 Å². The van der Waals surface area contributed by atoms with E-state index in [4.69, 9.17) is 21.7 Å². The van der Waals surface area contributed by atoms with E-state index in [-0.39, 0.29) is 11.0 Å². The number of benzene rings is 4. The van der Waals surface area contributed by atoms with E-state index in [9.17, 15) is 9.59 Å². The van der Waals surface area contributed by atoms with Gasteiger partial charge in [-0.25, -0.2) is 0 Å². The van der Waals surface area contributed by atoms with E-state index < -0.39 is 5.91 Å². The minimum absolute atomic E-state index is 0.0400. The fourth-order valence-corrected chi connectivity index (χ4v) is 3.54. The molecule has 0 radical (unpaired) electrons. The van der Waals surface area contributed by atoms with E-state index in [1.54, 1.807) is 36.4 Å². The Morgan fingerprint density at radius 3 is 1.89 bits per heavy atom. The lowest BCUT2D eigenvalue weighted by atomic mass is 10.0. The van der Waals surface area contributed by atoms with Gasteiger partial charge in [-0.2, -0.15) is 0 Å². The molecule has 4 aromatic rings. The molecule has 0 aromatic heterocycles. The molecule has 0 heterocycles. The van der Waals surface area contributed by atoms with Crippen LogP contribution in [0.1, 0.15) is 20.7 Å². The molecule has 0 unspecified atom stereocenters. The molecule has 2 amide bonds. The van der Waals surface area contributed by atoms with Gasteiger partial charge in [-0.3, -0.25) is 25.8 Å². The number of hydrogen-bond donors (Lipinski definition) is 3. The highest BCUT2D eigenvalue weighted by Crippen LogP contribution is 2.19. The molecule has 0 aliphatic carbocycles. The van der Waals surface area contributed by atoms with Crippen LogP contribution in [0.5, 0.6) is 11.5 Å². The van der Waals surface area contributed by atoms with Crippen molar-refractivity contribution in [2.24, 2.45) is 0 Å². The molecule has 0 saturated heterocycles. The van der Waals surface area contributed by atoms with Gasteiger partial charge in [-0.05, 0) is 65.8 Å². The number of nitrogens with one attached hydrogen (secondary N) is 3. The van der Waals surface area contributed by atoms with Crippen LogP contribution in [0.15, 0.2) is 109 Å². The zero-order valence-corrected chi connectivity index (χ0v) is 20.7. The first kappa shape index (κ1) is 25.4. The Hall–Kier alpha value is -4.69. The van der Waals surface area contributed by atoms with Crippen LogP contribution in [0.4, 0.5) is 0 Å². The van der Waals surface area contributed by atoms with Gasteiger partial charge >= 0.3 is 0 Å². The Morgan fingerprint density at radius 2 is 1.19 bits per heavy atom. The van der Waals surface area contributed by atoms with Gasteiger partial charge in [0.25, 0.3) is 11.8 Å². The van der Waals surface area contributed by atoms with Gasteiger partial charge in [0, 0.05) is 11.1 Å². The standard InChI is InChI=1S/C29H25N3O4S/c33-27(24-10-7-13-26(20-24)36-19-18-35-25-11-5-2-6-12-25)30-29(37)32-31-28(34)23-16-14-22(15-17-23)21-8-3-1-4-9-21/h1-17,20H,18-19H2,(H,31,34)(H2,30,32,33,37). The quantitative estimate of drug-likeness (QED) is 0.180. The predicted octanol–water partition coefficient (Wildman–Crippen LogP) is 4.76. The third kappa shape index (κ3) is 7.65. The zero-order chi connectivity index (χ0) is 25.9. The first-order valence-electron chi connectivity index (χ1n) is 11.6. The second-order valence-electron chi connectivity index (χ2n) is 7.84. The topological polar surface area (TPSA) is 88.7 Å². The maximum Gasteiger partial charge on any atom is 0.269 e. The molecule has 37 heavy (non-hydrogen) atoms. The largest absolute Gasteiger partial charge is 0.490 e. The Labute approximate surface area is 220 Å². The van der Waals surface area contributed by atoms with Crippen LogP contribution in [0.3, 0.4) is 0 Å². The average molecular weight is 512 g/mol. The van der Waals surface area contributed by atoms with Crippen LogP contribution in [0.2, 0.25) is 0 Å². The summed E-state index contributed by atoms with van der Waals surface area (Å²) in [5, 5.41) is 2.50. The summed E-state index contributed by atoms with van der Waals surface area (Å²) in [6.07, 6.45) is 0. The van der Waals surface area contributed by atoms with Crippen LogP contribution < -0.4 is 25.6 Å². The summed E-state index contributed by atoms with van der Waals surface area (Å²) in [5.74, 6) is 0.459. The van der Waals surface area contributed by atoms with E-state index >= 15 is 0 Å². The highest BCUT2D eigenvalue weighted by atomic mass is 32.1. The Balaban J connectivity index is 1.22. The zero-order valence-electron chi connectivity index (χ0n) is 19.8. The van der Waals surface area contributed by atoms with E-state index in [1.165, 1.54) is 0 Å². The summed E-state index contributed by atoms with van der Waals surface area (Å²) >= 11 is 5.14. The highest BCUT2D eigenvalue weighted by molar-refractivity contribution is 7.80. The van der Waals surface area contributed by atoms with Crippen molar-refractivity contribution >= 4 is 29.1 Å². The van der Waals surface area contributed by atoms with Crippen molar-refractivity contribution in [3.63, 3.8) is 0 Å². The molecule has 0 spiro atoms. The van der Waals surface area contributed by atoms with Crippen molar-refractivity contribution in [2.45, 2.75) is 0 Å². The molecule has 0 aliphatic rings. The predicted molar refractivity (Wildman–Crippen MR) is 146 cm³/mol. The number of hydrogen-bond acceptors (Lipinski definition) is 5. The number of amides is 2. The second kappa shape index (κ2) is 12.9. The normalized spacial score (nSPS) is 10.2. The number of ether oxygens (including phenoxy) is 2.